The van der Waals surface area contributed by atoms with Crippen molar-refractivity contribution in [1.29, 1.82) is 0 Å². The van der Waals surface area contributed by atoms with Gasteiger partial charge in [-0.15, -0.1) is 0 Å². The number of rotatable bonds is 5. The van der Waals surface area contributed by atoms with Crippen LogP contribution in [-0.4, -0.2) is 49.2 Å². The predicted octanol–water partition coefficient (Wildman–Crippen LogP) is 3.06. The second-order valence-corrected chi connectivity index (χ2v) is 7.09. The average Bonchev–Trinajstić information content (AvgIpc) is 2.92. The summed E-state index contributed by atoms with van der Waals surface area (Å²) in [6.45, 7) is 0.274. The highest BCUT2D eigenvalue weighted by Crippen LogP contribution is 2.36. The number of halogens is 6. The lowest BCUT2D eigenvalue weighted by atomic mass is 9.89. The first-order valence-electron chi connectivity index (χ1n) is 8.92. The van der Waals surface area contributed by atoms with Crippen molar-refractivity contribution in [3.05, 3.63) is 41.4 Å². The molecule has 2 rings (SSSR count). The van der Waals surface area contributed by atoms with Crippen LogP contribution < -0.4 is 11.1 Å². The third-order valence-electron chi connectivity index (χ3n) is 4.78. The maximum Gasteiger partial charge on any atom is 0.430 e. The highest BCUT2D eigenvalue weighted by atomic mass is 19.4. The minimum atomic E-state index is -4.86. The number of anilines is 1. The molecule has 2 atom stereocenters. The number of hydrogen-bond acceptors (Lipinski definition) is 4. The van der Waals surface area contributed by atoms with Crippen LogP contribution in [0.1, 0.15) is 12.5 Å². The Morgan fingerprint density at radius 2 is 1.90 bits per heavy atom. The van der Waals surface area contributed by atoms with Crippen molar-refractivity contribution in [3.63, 3.8) is 0 Å². The summed E-state index contributed by atoms with van der Waals surface area (Å²) in [4.78, 5) is 30.2. The first kappa shape index (κ1) is 24.2. The fraction of sp³-hybridized carbons (Fsp3) is 0.421. The molecule has 12 heteroatoms. The van der Waals surface area contributed by atoms with Crippen LogP contribution in [0.3, 0.4) is 0 Å². The largest absolute Gasteiger partial charge is 0.430 e. The number of likely N-dealkylation sites (tertiary alicyclic amines) is 1. The zero-order valence-corrected chi connectivity index (χ0v) is 16.7. The zero-order valence-electron chi connectivity index (χ0n) is 16.7. The third-order valence-corrected chi connectivity index (χ3v) is 4.78. The molecule has 0 saturated carbocycles. The van der Waals surface area contributed by atoms with Crippen LogP contribution in [0.15, 0.2) is 35.0 Å². The molecule has 0 aromatic heterocycles. The molecule has 1 aromatic rings. The minimum Gasteiger partial charge on any atom is -0.395 e. The molecular weight excluding hydrogens is 430 g/mol. The lowest BCUT2D eigenvalue weighted by Gasteiger charge is -2.20. The van der Waals surface area contributed by atoms with E-state index in [1.807, 2.05) is 0 Å². The fourth-order valence-corrected chi connectivity index (χ4v) is 3.32. The van der Waals surface area contributed by atoms with E-state index < -0.39 is 58.5 Å². The molecule has 0 radical (unpaired) electrons. The van der Waals surface area contributed by atoms with Gasteiger partial charge in [-0.3, -0.25) is 14.6 Å². The lowest BCUT2D eigenvalue weighted by Crippen LogP contribution is -2.36. The molecule has 1 fully saturated rings. The van der Waals surface area contributed by atoms with E-state index in [0.717, 1.165) is 30.1 Å². The topological polar surface area (TPSA) is 87.8 Å². The fourth-order valence-electron chi connectivity index (χ4n) is 3.32. The standard InChI is InChI=1S/C19H20F6N4O2/c1-18(21,22)15-10(20)5-4-6-11(15)28-16(30)14-9(8-29(3)17(14)31)12(27-2)7-13(26)19(23,24)25/h4-7,9,14H,8,26H2,1-3H3,(H,28,30)/t9-,14+/m1/s1. The zero-order chi connectivity index (χ0) is 23.7. The lowest BCUT2D eigenvalue weighted by molar-refractivity contribution is -0.135. The van der Waals surface area contributed by atoms with Crippen LogP contribution in [0.2, 0.25) is 0 Å². The molecule has 3 N–H and O–H groups in total. The smallest absolute Gasteiger partial charge is 0.395 e. The first-order chi connectivity index (χ1) is 14.2. The SMILES string of the molecule is CN=C(C=C(N)C(F)(F)F)[C@H]1CN(C)C(=O)[C@@H]1C(=O)Nc1cccc(F)c1C(C)(F)F. The number of carbonyl (C=O) groups is 2. The molecule has 2 amide bonds. The third kappa shape index (κ3) is 5.17. The van der Waals surface area contributed by atoms with E-state index in [1.165, 1.54) is 7.05 Å². The molecule has 1 saturated heterocycles. The van der Waals surface area contributed by atoms with Gasteiger partial charge in [-0.05, 0) is 18.2 Å². The monoisotopic (exact) mass is 450 g/mol. The molecule has 1 aliphatic rings. The Morgan fingerprint density at radius 1 is 1.29 bits per heavy atom. The van der Waals surface area contributed by atoms with Crippen LogP contribution in [0.4, 0.5) is 32.0 Å². The Balaban J connectivity index is 2.43. The minimum absolute atomic E-state index is 0.162. The summed E-state index contributed by atoms with van der Waals surface area (Å²) >= 11 is 0. The highest BCUT2D eigenvalue weighted by Gasteiger charge is 2.46. The van der Waals surface area contributed by atoms with Crippen molar-refractivity contribution < 1.29 is 35.9 Å². The highest BCUT2D eigenvalue weighted by molar-refractivity contribution is 6.13. The van der Waals surface area contributed by atoms with Gasteiger partial charge in [-0.2, -0.15) is 13.2 Å². The van der Waals surface area contributed by atoms with Gasteiger partial charge in [-0.25, -0.2) is 13.2 Å². The Bertz CT molecular complexity index is 936. The Labute approximate surface area is 173 Å². The van der Waals surface area contributed by atoms with Gasteiger partial charge in [0.25, 0.3) is 5.92 Å². The molecule has 170 valence electrons. The van der Waals surface area contributed by atoms with Gasteiger partial charge in [0.2, 0.25) is 11.8 Å². The van der Waals surface area contributed by atoms with Crippen LogP contribution in [0.25, 0.3) is 0 Å². The number of alkyl halides is 5. The van der Waals surface area contributed by atoms with Crippen molar-refractivity contribution in [3.8, 4) is 0 Å². The van der Waals surface area contributed by atoms with E-state index >= 15 is 0 Å². The van der Waals surface area contributed by atoms with Gasteiger partial charge < -0.3 is 16.0 Å². The van der Waals surface area contributed by atoms with Gasteiger partial charge >= 0.3 is 6.18 Å². The van der Waals surface area contributed by atoms with E-state index in [9.17, 15) is 35.9 Å². The van der Waals surface area contributed by atoms with Gasteiger partial charge in [0.1, 0.15) is 17.4 Å². The maximum atomic E-state index is 14.0. The van der Waals surface area contributed by atoms with Crippen molar-refractivity contribution in [2.75, 3.05) is 26.0 Å². The van der Waals surface area contributed by atoms with Crippen molar-refractivity contribution in [2.24, 2.45) is 22.6 Å². The molecule has 1 aromatic carbocycles. The predicted molar refractivity (Wildman–Crippen MR) is 101 cm³/mol. The molecule has 0 bridgehead atoms. The summed E-state index contributed by atoms with van der Waals surface area (Å²) in [6, 6.07) is 2.90. The molecule has 31 heavy (non-hydrogen) atoms. The number of allylic oxidation sites excluding steroid dienone is 2. The Morgan fingerprint density at radius 3 is 2.42 bits per heavy atom. The molecule has 0 aliphatic carbocycles. The van der Waals surface area contributed by atoms with Crippen molar-refractivity contribution in [2.45, 2.75) is 19.0 Å². The molecule has 6 nitrogen and oxygen atoms in total. The summed E-state index contributed by atoms with van der Waals surface area (Å²) in [6.07, 6.45) is -4.34. The number of carbonyl (C=O) groups excluding carboxylic acids is 2. The second kappa shape index (κ2) is 8.60. The number of aliphatic imine (C=N–C) groups is 1. The number of amides is 2. The Hall–Kier alpha value is -3.05. The molecular formula is C19H20F6N4O2. The van der Waals surface area contributed by atoms with E-state index in [1.54, 1.807) is 0 Å². The molecule has 1 heterocycles. The molecule has 1 aliphatic heterocycles. The van der Waals surface area contributed by atoms with E-state index in [-0.39, 0.29) is 12.3 Å². The van der Waals surface area contributed by atoms with Gasteiger partial charge in [0.05, 0.1) is 11.3 Å². The molecule has 0 spiro atoms. The van der Waals surface area contributed by atoms with Crippen LogP contribution >= 0.6 is 0 Å². The molecule has 0 unspecified atom stereocenters. The number of hydrogen-bond donors (Lipinski definition) is 2. The number of benzene rings is 1. The number of nitrogens with zero attached hydrogens (tertiary/aromatic N) is 2. The van der Waals surface area contributed by atoms with Crippen LogP contribution in [0, 0.1) is 17.7 Å². The number of nitrogens with one attached hydrogen (secondary N) is 1. The first-order valence-corrected chi connectivity index (χ1v) is 8.92. The summed E-state index contributed by atoms with van der Waals surface area (Å²) in [5.41, 5.74) is 1.64. The summed E-state index contributed by atoms with van der Waals surface area (Å²) in [5, 5.41) is 2.11. The maximum absolute atomic E-state index is 14.0. The van der Waals surface area contributed by atoms with E-state index in [0.29, 0.717) is 13.0 Å². The summed E-state index contributed by atoms with van der Waals surface area (Å²) in [7, 11) is 2.48. The van der Waals surface area contributed by atoms with Gasteiger partial charge in [-0.1, -0.05) is 6.07 Å². The van der Waals surface area contributed by atoms with Crippen LogP contribution in [-0.2, 0) is 15.5 Å². The van der Waals surface area contributed by atoms with E-state index in [2.05, 4.69) is 10.3 Å². The van der Waals surface area contributed by atoms with Crippen molar-refractivity contribution >= 4 is 23.2 Å². The second-order valence-electron chi connectivity index (χ2n) is 7.09. The Kier molecular flexibility index (Phi) is 6.72. The summed E-state index contributed by atoms with van der Waals surface area (Å²) in [5.74, 6) is -9.48. The van der Waals surface area contributed by atoms with Crippen LogP contribution in [0.5, 0.6) is 0 Å². The quantitative estimate of drug-likeness (QED) is 0.411. The average molecular weight is 450 g/mol. The van der Waals surface area contributed by atoms with E-state index in [4.69, 9.17) is 5.73 Å². The normalized spacial score (nSPS) is 20.9. The van der Waals surface area contributed by atoms with Gasteiger partial charge in [0, 0.05) is 39.2 Å². The van der Waals surface area contributed by atoms with Crippen molar-refractivity contribution in [1.82, 2.24) is 4.90 Å². The number of nitrogens with two attached hydrogens (primary N) is 1. The van der Waals surface area contributed by atoms with Gasteiger partial charge in [0.15, 0.2) is 0 Å². The summed E-state index contributed by atoms with van der Waals surface area (Å²) < 4.78 is 80.1.